The van der Waals surface area contributed by atoms with E-state index in [2.05, 4.69) is 10.6 Å². The Hall–Kier alpha value is -5.36. The van der Waals surface area contributed by atoms with E-state index in [4.69, 9.17) is 9.47 Å². The summed E-state index contributed by atoms with van der Waals surface area (Å²) in [6.07, 6.45) is 0.390. The summed E-state index contributed by atoms with van der Waals surface area (Å²) in [6, 6.07) is 41.0. The molecule has 0 radical (unpaired) electrons. The van der Waals surface area contributed by atoms with Gasteiger partial charge in [-0.25, -0.2) is 0 Å². The molecule has 6 heteroatoms. The van der Waals surface area contributed by atoms with Gasteiger partial charge in [0.2, 0.25) is 11.8 Å². The topological polar surface area (TPSA) is 76.7 Å². The number of carbonyl (C=O) groups excluding carboxylic acids is 2. The van der Waals surface area contributed by atoms with Crippen molar-refractivity contribution in [3.8, 4) is 23.0 Å². The van der Waals surface area contributed by atoms with Crippen LogP contribution in [0.25, 0.3) is 0 Å². The van der Waals surface area contributed by atoms with Gasteiger partial charge in [0.15, 0.2) is 0 Å². The second-order valence-corrected chi connectivity index (χ2v) is 9.15. The van der Waals surface area contributed by atoms with Crippen LogP contribution in [-0.4, -0.2) is 11.8 Å². The molecule has 0 saturated carbocycles. The summed E-state index contributed by atoms with van der Waals surface area (Å²) in [5.74, 6) is 2.59. The molecule has 0 atom stereocenters. The van der Waals surface area contributed by atoms with E-state index in [0.29, 0.717) is 22.9 Å². The van der Waals surface area contributed by atoms with Crippen molar-refractivity contribution < 1.29 is 19.1 Å². The second kappa shape index (κ2) is 12.9. The quantitative estimate of drug-likeness (QED) is 0.195. The highest BCUT2D eigenvalue weighted by atomic mass is 16.5. The van der Waals surface area contributed by atoms with Gasteiger partial charge in [-0.3, -0.25) is 9.59 Å². The summed E-state index contributed by atoms with van der Waals surface area (Å²) in [6.45, 7) is 0. The van der Waals surface area contributed by atoms with Gasteiger partial charge in [-0.05, 0) is 83.9 Å². The maximum absolute atomic E-state index is 12.6. The van der Waals surface area contributed by atoms with E-state index in [1.165, 1.54) is 0 Å². The Kier molecular flexibility index (Phi) is 8.49. The monoisotopic (exact) mass is 528 g/mol. The van der Waals surface area contributed by atoms with Gasteiger partial charge in [0, 0.05) is 11.4 Å². The smallest absolute Gasteiger partial charge is 0.228 e. The number of anilines is 2. The van der Waals surface area contributed by atoms with E-state index >= 15 is 0 Å². The summed E-state index contributed by atoms with van der Waals surface area (Å²) >= 11 is 0. The predicted molar refractivity (Wildman–Crippen MR) is 157 cm³/mol. The van der Waals surface area contributed by atoms with E-state index < -0.39 is 0 Å². The maximum atomic E-state index is 12.6. The average molecular weight is 529 g/mol. The predicted octanol–water partition coefficient (Wildman–Crippen LogP) is 7.63. The molecule has 0 aromatic heterocycles. The summed E-state index contributed by atoms with van der Waals surface area (Å²) in [4.78, 5) is 25.3. The molecule has 0 saturated heterocycles. The summed E-state index contributed by atoms with van der Waals surface area (Å²) < 4.78 is 11.6. The van der Waals surface area contributed by atoms with Crippen LogP contribution in [0.3, 0.4) is 0 Å². The zero-order chi connectivity index (χ0) is 27.6. The van der Waals surface area contributed by atoms with E-state index in [9.17, 15) is 9.59 Å². The van der Waals surface area contributed by atoms with Crippen molar-refractivity contribution in [2.45, 2.75) is 12.8 Å². The van der Waals surface area contributed by atoms with Gasteiger partial charge >= 0.3 is 0 Å². The third-order valence-corrected chi connectivity index (χ3v) is 5.95. The molecule has 0 heterocycles. The average Bonchev–Trinajstić information content (AvgIpc) is 2.96. The zero-order valence-corrected chi connectivity index (χ0v) is 21.7. The number of hydrogen-bond acceptors (Lipinski definition) is 4. The van der Waals surface area contributed by atoms with E-state index in [1.807, 2.05) is 109 Å². The van der Waals surface area contributed by atoms with Crippen molar-refractivity contribution in [3.05, 3.63) is 145 Å². The van der Waals surface area contributed by atoms with Gasteiger partial charge in [0.1, 0.15) is 23.0 Å². The number of para-hydroxylation sites is 2. The second-order valence-electron chi connectivity index (χ2n) is 9.15. The number of hydrogen-bond donors (Lipinski definition) is 2. The molecule has 0 spiro atoms. The largest absolute Gasteiger partial charge is 0.457 e. The van der Waals surface area contributed by atoms with E-state index in [-0.39, 0.29) is 24.7 Å². The van der Waals surface area contributed by atoms with Crippen LogP contribution in [0.5, 0.6) is 23.0 Å². The van der Waals surface area contributed by atoms with Gasteiger partial charge in [-0.2, -0.15) is 0 Å². The fraction of sp³-hybridized carbons (Fsp3) is 0.0588. The van der Waals surface area contributed by atoms with Crippen molar-refractivity contribution in [1.82, 2.24) is 0 Å². The van der Waals surface area contributed by atoms with Crippen LogP contribution in [0, 0.1) is 0 Å². The van der Waals surface area contributed by atoms with Crippen LogP contribution in [-0.2, 0) is 22.4 Å². The van der Waals surface area contributed by atoms with Crippen LogP contribution in [0.4, 0.5) is 11.4 Å². The molecule has 5 aromatic carbocycles. The molecule has 40 heavy (non-hydrogen) atoms. The zero-order valence-electron chi connectivity index (χ0n) is 21.7. The van der Waals surface area contributed by atoms with Crippen LogP contribution in [0.2, 0.25) is 0 Å². The van der Waals surface area contributed by atoms with Crippen LogP contribution < -0.4 is 20.1 Å². The highest BCUT2D eigenvalue weighted by Gasteiger charge is 2.09. The highest BCUT2D eigenvalue weighted by Crippen LogP contribution is 2.24. The molecule has 0 aliphatic heterocycles. The Bertz CT molecular complexity index is 1440. The number of rotatable bonds is 10. The SMILES string of the molecule is O=C(Cc1cccc(CC(=O)Nc2ccc(Oc3ccccc3)cc2)c1)Nc1ccc(Oc2ccccc2)cc1. The van der Waals surface area contributed by atoms with Crippen molar-refractivity contribution in [2.24, 2.45) is 0 Å². The van der Waals surface area contributed by atoms with Crippen molar-refractivity contribution in [2.75, 3.05) is 10.6 Å². The first kappa shape index (κ1) is 26.3. The fourth-order valence-corrected chi connectivity index (χ4v) is 4.09. The van der Waals surface area contributed by atoms with Crippen LogP contribution in [0.15, 0.2) is 133 Å². The lowest BCUT2D eigenvalue weighted by Gasteiger charge is -2.10. The molecular formula is C34H28N2O4. The molecule has 0 aliphatic carbocycles. The third-order valence-electron chi connectivity index (χ3n) is 5.95. The van der Waals surface area contributed by atoms with Crippen molar-refractivity contribution >= 4 is 23.2 Å². The van der Waals surface area contributed by atoms with Gasteiger partial charge in [0.25, 0.3) is 0 Å². The highest BCUT2D eigenvalue weighted by molar-refractivity contribution is 5.93. The molecule has 198 valence electrons. The molecule has 0 fully saturated rings. The van der Waals surface area contributed by atoms with Gasteiger partial charge in [0.05, 0.1) is 12.8 Å². The number of ether oxygens (including phenoxy) is 2. The molecule has 2 N–H and O–H groups in total. The van der Waals surface area contributed by atoms with Gasteiger partial charge < -0.3 is 20.1 Å². The first-order valence-corrected chi connectivity index (χ1v) is 12.9. The molecule has 0 bridgehead atoms. The Labute approximate surface area is 233 Å². The summed E-state index contributed by atoms with van der Waals surface area (Å²) in [7, 11) is 0. The molecule has 6 nitrogen and oxygen atoms in total. The Morgan fingerprint density at radius 1 is 0.450 bits per heavy atom. The Balaban J connectivity index is 1.10. The molecular weight excluding hydrogens is 500 g/mol. The minimum absolute atomic E-state index is 0.142. The lowest BCUT2D eigenvalue weighted by atomic mass is 10.1. The van der Waals surface area contributed by atoms with Crippen molar-refractivity contribution in [3.63, 3.8) is 0 Å². The van der Waals surface area contributed by atoms with Crippen LogP contribution >= 0.6 is 0 Å². The van der Waals surface area contributed by atoms with Gasteiger partial charge in [-0.1, -0.05) is 60.7 Å². The molecule has 5 rings (SSSR count). The molecule has 5 aromatic rings. The fourth-order valence-electron chi connectivity index (χ4n) is 4.09. The minimum Gasteiger partial charge on any atom is -0.457 e. The van der Waals surface area contributed by atoms with Crippen molar-refractivity contribution in [1.29, 1.82) is 0 Å². The van der Waals surface area contributed by atoms with Gasteiger partial charge in [-0.15, -0.1) is 0 Å². The maximum Gasteiger partial charge on any atom is 0.228 e. The molecule has 0 aliphatic rings. The Morgan fingerprint density at radius 3 is 1.23 bits per heavy atom. The minimum atomic E-state index is -0.142. The first-order valence-electron chi connectivity index (χ1n) is 12.9. The Morgan fingerprint density at radius 2 is 0.825 bits per heavy atom. The molecule has 2 amide bonds. The molecule has 0 unspecified atom stereocenters. The van der Waals surface area contributed by atoms with E-state index in [1.54, 1.807) is 24.3 Å². The number of nitrogens with one attached hydrogen (secondary N) is 2. The van der Waals surface area contributed by atoms with E-state index in [0.717, 1.165) is 22.6 Å². The van der Waals surface area contributed by atoms with Crippen LogP contribution in [0.1, 0.15) is 11.1 Å². The number of benzene rings is 5. The standard InChI is InChI=1S/C34H28N2O4/c37-33(35-27-14-18-31(19-15-27)39-29-10-3-1-4-11-29)23-25-8-7-9-26(22-25)24-34(38)36-28-16-20-32(21-17-28)40-30-12-5-2-6-13-30/h1-22H,23-24H2,(H,35,37)(H,36,38). The normalized spacial score (nSPS) is 10.4. The lowest BCUT2D eigenvalue weighted by Crippen LogP contribution is -2.16. The summed E-state index contributed by atoms with van der Waals surface area (Å²) in [5, 5.41) is 5.82. The lowest BCUT2D eigenvalue weighted by molar-refractivity contribution is -0.116. The number of amides is 2. The third kappa shape index (κ3) is 7.82. The first-order chi connectivity index (χ1) is 19.6. The number of carbonyl (C=O) groups is 2. The summed E-state index contributed by atoms with van der Waals surface area (Å²) in [5.41, 5.74) is 3.02.